The van der Waals surface area contributed by atoms with E-state index in [9.17, 15) is 31.0 Å². The van der Waals surface area contributed by atoms with Crippen LogP contribution in [-0.2, 0) is 20.2 Å². The predicted octanol–water partition coefficient (Wildman–Crippen LogP) is 2.77. The van der Waals surface area contributed by atoms with E-state index in [1.54, 1.807) is 0 Å². The van der Waals surface area contributed by atoms with Gasteiger partial charge in [0.25, 0.3) is 0 Å². The number of rotatable bonds is 4. The molecule has 0 heterocycles. The Hall–Kier alpha value is -2.86. The monoisotopic (exact) mass is 406 g/mol. The van der Waals surface area contributed by atoms with Crippen LogP contribution >= 0.6 is 0 Å². The minimum absolute atomic E-state index is 0.0160. The number of azo groups is 1. The molecule has 0 bridgehead atoms. The van der Waals surface area contributed by atoms with Gasteiger partial charge in [-0.05, 0) is 41.8 Å². The Morgan fingerprint density at radius 1 is 0.778 bits per heavy atom. The number of aromatic hydroxyl groups is 1. The van der Waals surface area contributed by atoms with Crippen LogP contribution in [0.3, 0.4) is 0 Å². The molecule has 3 rings (SSSR count). The smallest absolute Gasteiger partial charge is 0.143 e. The molecule has 9 nitrogen and oxygen atoms in total. The van der Waals surface area contributed by atoms with Crippen molar-refractivity contribution < 1.29 is 31.0 Å². The highest BCUT2D eigenvalue weighted by molar-refractivity contribution is 7.86. The molecule has 11 heteroatoms. The number of nitrogens with zero attached hydrogens (tertiary/aromatic N) is 2. The molecule has 0 aliphatic rings. The minimum atomic E-state index is -4.66. The number of phenolic OH excluding ortho intramolecular Hbond substituents is 1. The van der Waals surface area contributed by atoms with Gasteiger partial charge in [-0.15, -0.1) is 5.11 Å². The fourth-order valence-electron chi connectivity index (χ4n) is 2.35. The van der Waals surface area contributed by atoms with Crippen molar-refractivity contribution in [3.8, 4) is 5.75 Å². The van der Waals surface area contributed by atoms with E-state index in [-0.39, 0.29) is 17.1 Å². The van der Waals surface area contributed by atoms with E-state index in [0.29, 0.717) is 10.8 Å². The zero-order chi connectivity index (χ0) is 19.8. The lowest BCUT2D eigenvalue weighted by atomic mass is 10.1. The number of phenols is 1. The van der Waals surface area contributed by atoms with Gasteiger partial charge < -0.3 is 14.2 Å². The SMILES string of the molecule is O=S(=O)([O-])c1cccc(N=Nc2c(O)ccc3cc(S(=O)(=O)[O-])ccc23)c1. The van der Waals surface area contributed by atoms with E-state index in [4.69, 9.17) is 0 Å². The number of hydrogen-bond donors (Lipinski definition) is 1. The maximum absolute atomic E-state index is 11.1. The first-order chi connectivity index (χ1) is 12.6. The molecular formula is C16H10N2O7S2-2. The van der Waals surface area contributed by atoms with Crippen LogP contribution in [0.2, 0.25) is 0 Å². The Bertz CT molecular complexity index is 1280. The summed E-state index contributed by atoms with van der Waals surface area (Å²) in [5.41, 5.74) is 0.0415. The lowest BCUT2D eigenvalue weighted by Gasteiger charge is -2.10. The van der Waals surface area contributed by atoms with Crippen LogP contribution in [0.5, 0.6) is 5.75 Å². The van der Waals surface area contributed by atoms with E-state index >= 15 is 0 Å². The van der Waals surface area contributed by atoms with Crippen molar-refractivity contribution in [2.24, 2.45) is 10.2 Å². The molecule has 1 N–H and O–H groups in total. The molecule has 0 saturated heterocycles. The van der Waals surface area contributed by atoms with Crippen molar-refractivity contribution in [3.05, 3.63) is 54.6 Å². The van der Waals surface area contributed by atoms with Crippen LogP contribution in [0.25, 0.3) is 10.8 Å². The maximum Gasteiger partial charge on any atom is 0.143 e. The molecule has 0 saturated carbocycles. The first kappa shape index (κ1) is 18.9. The topological polar surface area (TPSA) is 159 Å². The van der Waals surface area contributed by atoms with Crippen molar-refractivity contribution >= 4 is 42.4 Å². The minimum Gasteiger partial charge on any atom is -0.744 e. The molecule has 3 aromatic carbocycles. The van der Waals surface area contributed by atoms with Crippen molar-refractivity contribution in [3.63, 3.8) is 0 Å². The average Bonchev–Trinajstić information content (AvgIpc) is 2.59. The van der Waals surface area contributed by atoms with Crippen LogP contribution < -0.4 is 0 Å². The van der Waals surface area contributed by atoms with E-state index in [1.807, 2.05) is 0 Å². The third kappa shape index (κ3) is 4.11. The fraction of sp³-hybridized carbons (Fsp3) is 0. The van der Waals surface area contributed by atoms with Crippen molar-refractivity contribution in [2.45, 2.75) is 9.79 Å². The maximum atomic E-state index is 11.1. The Kier molecular flexibility index (Phi) is 4.70. The van der Waals surface area contributed by atoms with Gasteiger partial charge in [0.2, 0.25) is 0 Å². The zero-order valence-corrected chi connectivity index (χ0v) is 14.9. The van der Waals surface area contributed by atoms with Gasteiger partial charge in [-0.1, -0.05) is 18.2 Å². The molecule has 0 aliphatic carbocycles. The molecule has 3 aromatic rings. The summed E-state index contributed by atoms with van der Waals surface area (Å²) in [6, 6.07) is 11.0. The van der Waals surface area contributed by atoms with E-state index in [1.165, 1.54) is 30.3 Å². The van der Waals surface area contributed by atoms with E-state index < -0.39 is 30.0 Å². The lowest BCUT2D eigenvalue weighted by molar-refractivity contribution is 0.461. The Balaban J connectivity index is 2.09. The molecule has 0 fully saturated rings. The fourth-order valence-corrected chi connectivity index (χ4v) is 3.37. The molecule has 0 aliphatic heterocycles. The highest BCUT2D eigenvalue weighted by Crippen LogP contribution is 2.37. The number of benzene rings is 3. The Morgan fingerprint density at radius 2 is 1.44 bits per heavy atom. The average molecular weight is 406 g/mol. The third-order valence-corrected chi connectivity index (χ3v) is 5.26. The first-order valence-corrected chi connectivity index (χ1v) is 10.1. The summed E-state index contributed by atoms with van der Waals surface area (Å²) in [4.78, 5) is -0.914. The second-order valence-corrected chi connectivity index (χ2v) is 8.18. The van der Waals surface area contributed by atoms with Crippen molar-refractivity contribution in [1.29, 1.82) is 0 Å². The summed E-state index contributed by atoms with van der Waals surface area (Å²) in [5, 5.41) is 18.4. The second kappa shape index (κ2) is 6.70. The van der Waals surface area contributed by atoms with Crippen LogP contribution in [0.4, 0.5) is 11.4 Å². The summed E-state index contributed by atoms with van der Waals surface area (Å²) in [6.07, 6.45) is 0. The lowest BCUT2D eigenvalue weighted by Crippen LogP contribution is -1.97. The van der Waals surface area contributed by atoms with Crippen LogP contribution in [-0.4, -0.2) is 31.0 Å². The van der Waals surface area contributed by atoms with Crippen molar-refractivity contribution in [1.82, 2.24) is 0 Å². The normalized spacial score (nSPS) is 12.7. The molecule has 140 valence electrons. The number of fused-ring (bicyclic) bond motifs is 1. The van der Waals surface area contributed by atoms with Gasteiger partial charge in [-0.25, -0.2) is 16.8 Å². The molecule has 0 atom stereocenters. The molecule has 0 amide bonds. The number of hydrogen-bond acceptors (Lipinski definition) is 9. The third-order valence-electron chi connectivity index (χ3n) is 3.60. The Morgan fingerprint density at radius 3 is 2.11 bits per heavy atom. The van der Waals surface area contributed by atoms with Gasteiger partial charge in [0.05, 0.1) is 15.5 Å². The van der Waals surface area contributed by atoms with Crippen molar-refractivity contribution in [2.75, 3.05) is 0 Å². The zero-order valence-electron chi connectivity index (χ0n) is 13.3. The van der Waals surface area contributed by atoms with Crippen LogP contribution in [0.1, 0.15) is 0 Å². The van der Waals surface area contributed by atoms with Gasteiger partial charge in [0.15, 0.2) is 0 Å². The first-order valence-electron chi connectivity index (χ1n) is 7.25. The molecule has 0 unspecified atom stereocenters. The predicted molar refractivity (Wildman–Crippen MR) is 92.2 cm³/mol. The standard InChI is InChI=1S/C16H12N2O7S2/c19-15-7-4-10-8-13(27(23,24)25)5-6-14(10)16(15)18-17-11-2-1-3-12(9-11)26(20,21)22/h1-9,19H,(H,20,21,22)(H,23,24,25)/p-2. The summed E-state index contributed by atoms with van der Waals surface area (Å²) < 4.78 is 66.6. The quantitative estimate of drug-likeness (QED) is 0.515. The molecule has 0 aromatic heterocycles. The molecular weight excluding hydrogens is 396 g/mol. The summed E-state index contributed by atoms with van der Waals surface area (Å²) in [5.74, 6) is -0.267. The van der Waals surface area contributed by atoms with Gasteiger partial charge in [0.1, 0.15) is 31.7 Å². The van der Waals surface area contributed by atoms with Gasteiger partial charge in [-0.3, -0.25) is 0 Å². The van der Waals surface area contributed by atoms with E-state index in [2.05, 4.69) is 10.2 Å². The van der Waals surface area contributed by atoms with Crippen LogP contribution in [0, 0.1) is 0 Å². The summed E-state index contributed by atoms with van der Waals surface area (Å²) in [7, 11) is -9.30. The van der Waals surface area contributed by atoms with Crippen LogP contribution in [0.15, 0.2) is 74.6 Å². The molecule has 0 spiro atoms. The summed E-state index contributed by atoms with van der Waals surface area (Å²) in [6.45, 7) is 0. The highest BCUT2D eigenvalue weighted by atomic mass is 32.2. The van der Waals surface area contributed by atoms with Gasteiger partial charge in [-0.2, -0.15) is 5.11 Å². The second-order valence-electron chi connectivity index (χ2n) is 5.42. The largest absolute Gasteiger partial charge is 0.744 e. The summed E-state index contributed by atoms with van der Waals surface area (Å²) >= 11 is 0. The van der Waals surface area contributed by atoms with E-state index in [0.717, 1.165) is 24.3 Å². The van der Waals surface area contributed by atoms with Gasteiger partial charge in [0, 0.05) is 5.39 Å². The molecule has 0 radical (unpaired) electrons. The Labute approximate surface area is 154 Å². The van der Waals surface area contributed by atoms with Gasteiger partial charge >= 0.3 is 0 Å². The highest BCUT2D eigenvalue weighted by Gasteiger charge is 2.10. The molecule has 27 heavy (non-hydrogen) atoms.